The van der Waals surface area contributed by atoms with Crippen LogP contribution in [-0.4, -0.2) is 4.98 Å². The maximum Gasteiger partial charge on any atom is 0.0713 e. The first-order valence-electron chi connectivity index (χ1n) is 2.95. The molecule has 0 saturated carbocycles. The summed E-state index contributed by atoms with van der Waals surface area (Å²) in [7, 11) is 0. The lowest BCUT2D eigenvalue weighted by atomic mass is 10.3. The average molecular weight is 166 g/mol. The normalized spacial score (nSPS) is 6.91. The topological polar surface area (TPSA) is 12.9 Å². The number of nitrogens with zero attached hydrogens (tertiary/aromatic N) is 1. The van der Waals surface area contributed by atoms with Crippen molar-refractivity contribution >= 4 is 18.5 Å². The largest absolute Gasteiger partial charge is 0.256 e. The predicted molar refractivity (Wildman–Crippen MR) is 48.6 cm³/mol. The zero-order chi connectivity index (χ0) is 7.23. The van der Waals surface area contributed by atoms with E-state index >= 15 is 0 Å². The minimum Gasteiger partial charge on any atom is -0.256 e. The standard InChI is InChI=1S/C9H7N.ClH/c1-2-3-6-9-7-4-5-8-10-9;/h4-8H,1H2;1H. The highest BCUT2D eigenvalue weighted by atomic mass is 35.5. The highest BCUT2D eigenvalue weighted by Gasteiger charge is 1.79. The third-order valence-corrected chi connectivity index (χ3v) is 1.01. The Balaban J connectivity index is 0.000001000. The second kappa shape index (κ2) is 5.52. The molecule has 0 bridgehead atoms. The van der Waals surface area contributed by atoms with E-state index in [2.05, 4.69) is 23.0 Å². The van der Waals surface area contributed by atoms with Gasteiger partial charge in [0.15, 0.2) is 0 Å². The highest BCUT2D eigenvalue weighted by Crippen LogP contribution is 1.93. The highest BCUT2D eigenvalue weighted by molar-refractivity contribution is 5.85. The van der Waals surface area contributed by atoms with Gasteiger partial charge >= 0.3 is 0 Å². The van der Waals surface area contributed by atoms with Crippen LogP contribution >= 0.6 is 12.4 Å². The molecule has 1 nitrogen and oxygen atoms in total. The van der Waals surface area contributed by atoms with Gasteiger partial charge in [-0.3, -0.25) is 4.98 Å². The van der Waals surface area contributed by atoms with Crippen LogP contribution in [0.3, 0.4) is 0 Å². The second-order valence-electron chi connectivity index (χ2n) is 1.72. The number of aromatic nitrogens is 1. The van der Waals surface area contributed by atoms with E-state index in [1.54, 1.807) is 12.3 Å². The zero-order valence-corrected chi connectivity index (χ0v) is 6.77. The summed E-state index contributed by atoms with van der Waals surface area (Å²) >= 11 is 0. The van der Waals surface area contributed by atoms with E-state index in [0.717, 1.165) is 5.69 Å². The van der Waals surface area contributed by atoms with Gasteiger partial charge in [-0.2, -0.15) is 0 Å². The SMILES string of the molecule is C=C=C=Cc1ccccn1.Cl. The fourth-order valence-corrected chi connectivity index (χ4v) is 0.586. The lowest BCUT2D eigenvalue weighted by molar-refractivity contribution is 1.30. The van der Waals surface area contributed by atoms with Crippen LogP contribution in [0.25, 0.3) is 6.08 Å². The molecule has 0 aliphatic heterocycles. The van der Waals surface area contributed by atoms with Crippen LogP contribution in [0.1, 0.15) is 5.69 Å². The van der Waals surface area contributed by atoms with Crippen LogP contribution in [0.15, 0.2) is 42.4 Å². The molecule has 56 valence electrons. The molecule has 0 aromatic carbocycles. The molecule has 0 unspecified atom stereocenters. The van der Waals surface area contributed by atoms with Crippen molar-refractivity contribution in [1.29, 1.82) is 0 Å². The quantitative estimate of drug-likeness (QED) is 0.583. The first-order valence-corrected chi connectivity index (χ1v) is 2.95. The van der Waals surface area contributed by atoms with Crippen LogP contribution in [0.2, 0.25) is 0 Å². The fraction of sp³-hybridized carbons (Fsp3) is 0. The molecule has 0 aliphatic carbocycles. The van der Waals surface area contributed by atoms with Gasteiger partial charge in [0.05, 0.1) is 5.69 Å². The third kappa shape index (κ3) is 3.44. The lowest BCUT2D eigenvalue weighted by Crippen LogP contribution is -1.73. The summed E-state index contributed by atoms with van der Waals surface area (Å²) in [5, 5.41) is 0. The summed E-state index contributed by atoms with van der Waals surface area (Å²) in [5.74, 6) is 0. The molecule has 1 heterocycles. The van der Waals surface area contributed by atoms with Crippen LogP contribution in [0.5, 0.6) is 0 Å². The molecule has 0 aliphatic rings. The first-order chi connectivity index (χ1) is 4.93. The summed E-state index contributed by atoms with van der Waals surface area (Å²) < 4.78 is 0. The Labute approximate surface area is 72.2 Å². The van der Waals surface area contributed by atoms with Crippen molar-refractivity contribution in [2.24, 2.45) is 0 Å². The third-order valence-electron chi connectivity index (χ3n) is 1.01. The van der Waals surface area contributed by atoms with Crippen molar-refractivity contribution in [3.05, 3.63) is 48.1 Å². The Bertz CT molecular complexity index is 280. The molecule has 0 radical (unpaired) electrons. The van der Waals surface area contributed by atoms with Crippen LogP contribution in [0, 0.1) is 0 Å². The number of pyridine rings is 1. The summed E-state index contributed by atoms with van der Waals surface area (Å²) in [6.07, 6.45) is 3.46. The Morgan fingerprint density at radius 3 is 2.82 bits per heavy atom. The van der Waals surface area contributed by atoms with Gasteiger partial charge in [0.25, 0.3) is 0 Å². The monoisotopic (exact) mass is 165 g/mol. The van der Waals surface area contributed by atoms with Crippen molar-refractivity contribution in [3.8, 4) is 0 Å². The zero-order valence-electron chi connectivity index (χ0n) is 5.95. The Kier molecular flexibility index (Phi) is 4.89. The minimum absolute atomic E-state index is 0. The van der Waals surface area contributed by atoms with E-state index in [9.17, 15) is 0 Å². The number of hydrogen-bond acceptors (Lipinski definition) is 1. The minimum atomic E-state index is 0. The molecule has 0 N–H and O–H groups in total. The van der Waals surface area contributed by atoms with Crippen LogP contribution in [-0.2, 0) is 0 Å². The van der Waals surface area contributed by atoms with E-state index in [-0.39, 0.29) is 12.4 Å². The summed E-state index contributed by atoms with van der Waals surface area (Å²) in [4.78, 5) is 4.03. The Hall–Kier alpha value is -1.26. The smallest absolute Gasteiger partial charge is 0.0713 e. The van der Waals surface area contributed by atoms with Gasteiger partial charge in [-0.05, 0) is 18.7 Å². The van der Waals surface area contributed by atoms with Crippen molar-refractivity contribution in [2.75, 3.05) is 0 Å². The number of rotatable bonds is 1. The molecule has 0 saturated heterocycles. The molecule has 2 heteroatoms. The van der Waals surface area contributed by atoms with E-state index < -0.39 is 0 Å². The summed E-state index contributed by atoms with van der Waals surface area (Å²) in [6.45, 7) is 3.38. The van der Waals surface area contributed by atoms with Crippen molar-refractivity contribution in [3.63, 3.8) is 0 Å². The molecule has 0 spiro atoms. The van der Waals surface area contributed by atoms with Gasteiger partial charge in [-0.1, -0.05) is 17.5 Å². The molecular weight excluding hydrogens is 158 g/mol. The molecule has 0 amide bonds. The van der Waals surface area contributed by atoms with E-state index in [4.69, 9.17) is 0 Å². The maximum absolute atomic E-state index is 4.03. The van der Waals surface area contributed by atoms with E-state index in [1.165, 1.54) is 0 Å². The maximum atomic E-state index is 4.03. The van der Waals surface area contributed by atoms with Crippen molar-refractivity contribution in [1.82, 2.24) is 4.98 Å². The lowest BCUT2D eigenvalue weighted by Gasteiger charge is -1.84. The predicted octanol–water partition coefficient (Wildman–Crippen LogP) is 2.46. The van der Waals surface area contributed by atoms with Crippen molar-refractivity contribution < 1.29 is 0 Å². The van der Waals surface area contributed by atoms with Crippen LogP contribution in [0.4, 0.5) is 0 Å². The molecule has 0 atom stereocenters. The van der Waals surface area contributed by atoms with Gasteiger partial charge in [0.2, 0.25) is 0 Å². The van der Waals surface area contributed by atoms with Gasteiger partial charge < -0.3 is 0 Å². The molecular formula is C9H8ClN. The Morgan fingerprint density at radius 1 is 1.45 bits per heavy atom. The Morgan fingerprint density at radius 2 is 2.27 bits per heavy atom. The molecule has 1 aromatic heterocycles. The van der Waals surface area contributed by atoms with Crippen molar-refractivity contribution in [2.45, 2.75) is 0 Å². The fourth-order valence-electron chi connectivity index (χ4n) is 0.586. The van der Waals surface area contributed by atoms with Gasteiger partial charge in [0.1, 0.15) is 0 Å². The van der Waals surface area contributed by atoms with E-state index in [1.807, 2.05) is 18.2 Å². The van der Waals surface area contributed by atoms with Gasteiger partial charge in [-0.25, -0.2) is 0 Å². The number of halogens is 1. The molecule has 1 aromatic rings. The molecule has 11 heavy (non-hydrogen) atoms. The number of hydrogen-bond donors (Lipinski definition) is 0. The van der Waals surface area contributed by atoms with Gasteiger partial charge in [-0.15, -0.1) is 12.4 Å². The molecule has 1 rings (SSSR count). The van der Waals surface area contributed by atoms with Crippen LogP contribution < -0.4 is 0 Å². The average Bonchev–Trinajstić information content (AvgIpc) is 2.03. The van der Waals surface area contributed by atoms with Gasteiger partial charge in [0, 0.05) is 12.3 Å². The van der Waals surface area contributed by atoms with E-state index in [0.29, 0.717) is 0 Å². The second-order valence-corrected chi connectivity index (χ2v) is 1.72. The summed E-state index contributed by atoms with van der Waals surface area (Å²) in [5.41, 5.74) is 6.11. The summed E-state index contributed by atoms with van der Waals surface area (Å²) in [6, 6.07) is 5.68. The first kappa shape index (κ1) is 9.74. The molecule has 0 fully saturated rings.